The van der Waals surface area contributed by atoms with Gasteiger partial charge in [0, 0.05) is 6.54 Å². The summed E-state index contributed by atoms with van der Waals surface area (Å²) in [5, 5.41) is 11.8. The fraction of sp³-hybridized carbons (Fsp3) is 0.484. The smallest absolute Gasteiger partial charge is 0.257 e. The third-order valence-corrected chi connectivity index (χ3v) is 7.84. The summed E-state index contributed by atoms with van der Waals surface area (Å²) in [6.45, 7) is 2.97. The number of aliphatic imine (C=N–C) groups is 1. The van der Waals surface area contributed by atoms with Gasteiger partial charge in [-0.25, -0.2) is 4.99 Å². The number of rotatable bonds is 11. The SMILES string of the molecule is CCCCC1(CC2CCCCC2)N=C(N)N(Cc2ccc(CNC(=O)Cc3ccc(C#N)cc3)cc2)C1=O. The van der Waals surface area contributed by atoms with Crippen molar-refractivity contribution in [3.8, 4) is 6.07 Å². The van der Waals surface area contributed by atoms with Crippen LogP contribution < -0.4 is 11.1 Å². The molecule has 3 N–H and O–H groups in total. The fourth-order valence-electron chi connectivity index (χ4n) is 5.66. The Balaban J connectivity index is 1.33. The summed E-state index contributed by atoms with van der Waals surface area (Å²) in [5.41, 5.74) is 9.05. The molecule has 4 rings (SSSR count). The van der Waals surface area contributed by atoms with Crippen molar-refractivity contribution in [1.29, 1.82) is 5.26 Å². The van der Waals surface area contributed by atoms with Gasteiger partial charge in [-0.15, -0.1) is 0 Å². The number of unbranched alkanes of at least 4 members (excludes halogenated alkanes) is 1. The van der Waals surface area contributed by atoms with E-state index in [1.54, 1.807) is 29.2 Å². The van der Waals surface area contributed by atoms with Crippen LogP contribution >= 0.6 is 0 Å². The molecule has 2 aliphatic rings. The summed E-state index contributed by atoms with van der Waals surface area (Å²) >= 11 is 0. The number of benzene rings is 2. The van der Waals surface area contributed by atoms with E-state index >= 15 is 0 Å². The van der Waals surface area contributed by atoms with Crippen molar-refractivity contribution in [3.63, 3.8) is 0 Å². The second kappa shape index (κ2) is 12.7. The normalized spacial score (nSPS) is 19.7. The summed E-state index contributed by atoms with van der Waals surface area (Å²) in [7, 11) is 0. The lowest BCUT2D eigenvalue weighted by molar-refractivity contribution is -0.132. The highest BCUT2D eigenvalue weighted by atomic mass is 16.2. The molecule has 2 amide bonds. The molecule has 1 aliphatic carbocycles. The zero-order valence-electron chi connectivity index (χ0n) is 22.4. The van der Waals surface area contributed by atoms with Crippen LogP contribution in [0, 0.1) is 17.2 Å². The predicted molar refractivity (Wildman–Crippen MR) is 149 cm³/mol. The van der Waals surface area contributed by atoms with E-state index in [-0.39, 0.29) is 18.2 Å². The van der Waals surface area contributed by atoms with Crippen molar-refractivity contribution >= 4 is 17.8 Å². The molecule has 1 aliphatic heterocycles. The number of nitriles is 1. The van der Waals surface area contributed by atoms with Crippen LogP contribution in [0.4, 0.5) is 0 Å². The third kappa shape index (κ3) is 6.80. The maximum atomic E-state index is 13.7. The van der Waals surface area contributed by atoms with Crippen LogP contribution in [-0.2, 0) is 29.1 Å². The number of nitrogens with two attached hydrogens (primary N) is 1. The second-order valence-electron chi connectivity index (χ2n) is 10.8. The lowest BCUT2D eigenvalue weighted by Gasteiger charge is -2.32. The van der Waals surface area contributed by atoms with E-state index in [0.717, 1.165) is 42.4 Å². The Morgan fingerprint density at radius 1 is 1.08 bits per heavy atom. The molecule has 1 heterocycles. The highest BCUT2D eigenvalue weighted by molar-refractivity contribution is 6.06. The molecule has 2 aromatic rings. The summed E-state index contributed by atoms with van der Waals surface area (Å²) in [4.78, 5) is 32.5. The Morgan fingerprint density at radius 3 is 2.39 bits per heavy atom. The Kier molecular flexibility index (Phi) is 9.17. The number of carbonyl (C=O) groups excluding carboxylic acids is 2. The molecule has 1 atom stereocenters. The van der Waals surface area contributed by atoms with Crippen LogP contribution in [-0.4, -0.2) is 28.2 Å². The van der Waals surface area contributed by atoms with Crippen LogP contribution in [0.3, 0.4) is 0 Å². The molecule has 0 radical (unpaired) electrons. The first kappa shape index (κ1) is 27.4. The number of guanidine groups is 1. The van der Waals surface area contributed by atoms with Gasteiger partial charge in [0.25, 0.3) is 5.91 Å². The average molecular weight is 514 g/mol. The highest BCUT2D eigenvalue weighted by Crippen LogP contribution is 2.39. The van der Waals surface area contributed by atoms with Gasteiger partial charge < -0.3 is 11.1 Å². The summed E-state index contributed by atoms with van der Waals surface area (Å²) in [6.07, 6.45) is 9.98. The molecule has 38 heavy (non-hydrogen) atoms. The lowest BCUT2D eigenvalue weighted by Crippen LogP contribution is -2.45. The topological polar surface area (TPSA) is 112 Å². The van der Waals surface area contributed by atoms with Gasteiger partial charge in [0.15, 0.2) is 5.96 Å². The van der Waals surface area contributed by atoms with Crippen LogP contribution in [0.1, 0.15) is 87.0 Å². The van der Waals surface area contributed by atoms with Crippen LogP contribution in [0.15, 0.2) is 53.5 Å². The van der Waals surface area contributed by atoms with Crippen molar-refractivity contribution in [2.75, 3.05) is 0 Å². The molecule has 0 aromatic heterocycles. The molecule has 200 valence electrons. The molecule has 1 fully saturated rings. The average Bonchev–Trinajstić information content (AvgIpc) is 3.16. The minimum absolute atomic E-state index is 0.0492. The number of nitrogens with one attached hydrogen (secondary N) is 1. The van der Waals surface area contributed by atoms with E-state index in [0.29, 0.717) is 30.5 Å². The lowest BCUT2D eigenvalue weighted by atomic mass is 9.77. The molecule has 0 saturated heterocycles. The zero-order valence-corrected chi connectivity index (χ0v) is 22.4. The summed E-state index contributed by atoms with van der Waals surface area (Å²) in [5.74, 6) is 0.855. The van der Waals surface area contributed by atoms with Crippen molar-refractivity contribution < 1.29 is 9.59 Å². The molecule has 0 spiro atoms. The van der Waals surface area contributed by atoms with E-state index in [4.69, 9.17) is 16.0 Å². The third-order valence-electron chi connectivity index (χ3n) is 7.84. The number of hydrogen-bond acceptors (Lipinski definition) is 5. The maximum absolute atomic E-state index is 13.7. The minimum Gasteiger partial charge on any atom is -0.369 e. The van der Waals surface area contributed by atoms with Gasteiger partial charge in [-0.3, -0.25) is 14.5 Å². The molecular formula is C31H39N5O2. The van der Waals surface area contributed by atoms with Gasteiger partial charge in [0.2, 0.25) is 5.91 Å². The molecule has 0 bridgehead atoms. The minimum atomic E-state index is -0.707. The van der Waals surface area contributed by atoms with Gasteiger partial charge in [-0.05, 0) is 47.6 Å². The monoisotopic (exact) mass is 513 g/mol. The zero-order chi connectivity index (χ0) is 27.0. The molecule has 7 nitrogen and oxygen atoms in total. The fourth-order valence-corrected chi connectivity index (χ4v) is 5.66. The van der Waals surface area contributed by atoms with E-state index in [2.05, 4.69) is 18.3 Å². The summed E-state index contributed by atoms with van der Waals surface area (Å²) in [6, 6.07) is 17.0. The quantitative estimate of drug-likeness (QED) is 0.442. The standard InChI is InChI=1S/C31H39N5O2/c1-2-3-17-31(19-24-7-5-4-6-8-24)29(38)36(30(33)35-31)22-27-15-13-26(14-16-27)21-34-28(37)18-23-9-11-25(20-32)12-10-23/h9-16,24H,2-8,17-19,21-22H2,1H3,(H2,33,35)(H,34,37). The van der Waals surface area contributed by atoms with Crippen molar-refractivity contribution in [3.05, 3.63) is 70.8 Å². The molecule has 1 saturated carbocycles. The van der Waals surface area contributed by atoms with E-state index in [9.17, 15) is 9.59 Å². The summed E-state index contributed by atoms with van der Waals surface area (Å²) < 4.78 is 0. The molecule has 1 unspecified atom stereocenters. The highest BCUT2D eigenvalue weighted by Gasteiger charge is 2.48. The number of hydrogen-bond donors (Lipinski definition) is 2. The van der Waals surface area contributed by atoms with Crippen molar-refractivity contribution in [2.24, 2.45) is 16.6 Å². The van der Waals surface area contributed by atoms with Crippen LogP contribution in [0.25, 0.3) is 0 Å². The van der Waals surface area contributed by atoms with Gasteiger partial charge in [0.1, 0.15) is 5.54 Å². The first-order valence-electron chi connectivity index (χ1n) is 13.9. The Hall–Kier alpha value is -3.66. The van der Waals surface area contributed by atoms with Crippen molar-refractivity contribution in [1.82, 2.24) is 10.2 Å². The number of amides is 2. The van der Waals surface area contributed by atoms with E-state index in [1.807, 2.05) is 24.3 Å². The Labute approximate surface area is 226 Å². The molecular weight excluding hydrogens is 474 g/mol. The van der Waals surface area contributed by atoms with Crippen LogP contribution in [0.2, 0.25) is 0 Å². The van der Waals surface area contributed by atoms with Gasteiger partial charge in [0.05, 0.1) is 24.6 Å². The first-order valence-corrected chi connectivity index (χ1v) is 13.9. The van der Waals surface area contributed by atoms with Gasteiger partial charge >= 0.3 is 0 Å². The maximum Gasteiger partial charge on any atom is 0.257 e. The Bertz CT molecular complexity index is 1180. The predicted octanol–water partition coefficient (Wildman–Crippen LogP) is 4.97. The second-order valence-corrected chi connectivity index (χ2v) is 10.8. The first-order chi connectivity index (χ1) is 18.4. The van der Waals surface area contributed by atoms with E-state index in [1.165, 1.54) is 32.1 Å². The number of carbonyl (C=O) groups is 2. The number of nitrogens with zero attached hydrogens (tertiary/aromatic N) is 3. The molecule has 7 heteroatoms. The Morgan fingerprint density at radius 2 is 1.74 bits per heavy atom. The van der Waals surface area contributed by atoms with Gasteiger partial charge in [-0.1, -0.05) is 88.3 Å². The van der Waals surface area contributed by atoms with Gasteiger partial charge in [-0.2, -0.15) is 5.26 Å². The van der Waals surface area contributed by atoms with E-state index < -0.39 is 5.54 Å². The molecule has 2 aromatic carbocycles. The van der Waals surface area contributed by atoms with Crippen LogP contribution in [0.5, 0.6) is 0 Å². The largest absolute Gasteiger partial charge is 0.369 e. The van der Waals surface area contributed by atoms with Crippen molar-refractivity contribution in [2.45, 2.75) is 89.8 Å².